The first-order chi connectivity index (χ1) is 12.8. The molecule has 27 heavy (non-hydrogen) atoms. The third-order valence-corrected chi connectivity index (χ3v) is 4.88. The van der Waals surface area contributed by atoms with Crippen molar-refractivity contribution in [2.24, 2.45) is 12.0 Å². The summed E-state index contributed by atoms with van der Waals surface area (Å²) in [5.74, 6) is 2.35. The zero-order valence-corrected chi connectivity index (χ0v) is 17.5. The van der Waals surface area contributed by atoms with E-state index in [1.807, 2.05) is 26.2 Å². The van der Waals surface area contributed by atoms with Crippen molar-refractivity contribution in [3.63, 3.8) is 0 Å². The zero-order chi connectivity index (χ0) is 20.0. The summed E-state index contributed by atoms with van der Waals surface area (Å²) in [6.45, 7) is 5.93. The Balaban J connectivity index is 2.07. The van der Waals surface area contributed by atoms with Crippen molar-refractivity contribution < 1.29 is 9.47 Å². The fraction of sp³-hybridized carbons (Fsp3) is 0.476. The van der Waals surface area contributed by atoms with Crippen LogP contribution in [0.4, 0.5) is 0 Å². The molecule has 0 fully saturated rings. The Morgan fingerprint density at radius 1 is 1.19 bits per heavy atom. The largest absolute Gasteiger partial charge is 0.493 e. The first-order valence-electron chi connectivity index (χ1n) is 9.07. The molecule has 6 heteroatoms. The number of guanidine groups is 1. The number of hydrogen-bond donors (Lipinski definition) is 1. The van der Waals surface area contributed by atoms with Gasteiger partial charge in [-0.15, -0.1) is 0 Å². The molecule has 0 saturated heterocycles. The Kier molecular flexibility index (Phi) is 6.77. The monoisotopic (exact) mass is 372 g/mol. The fourth-order valence-electron chi connectivity index (χ4n) is 3.02. The van der Waals surface area contributed by atoms with Gasteiger partial charge in [0.05, 0.1) is 20.8 Å². The molecule has 6 nitrogen and oxygen atoms in total. The Hall–Kier alpha value is -2.63. The minimum absolute atomic E-state index is 0.110. The van der Waals surface area contributed by atoms with Gasteiger partial charge in [0.25, 0.3) is 0 Å². The van der Waals surface area contributed by atoms with Gasteiger partial charge in [-0.3, -0.25) is 4.99 Å². The van der Waals surface area contributed by atoms with Crippen LogP contribution >= 0.6 is 0 Å². The van der Waals surface area contributed by atoms with E-state index in [9.17, 15) is 0 Å². The van der Waals surface area contributed by atoms with Gasteiger partial charge < -0.3 is 24.3 Å². The van der Waals surface area contributed by atoms with Crippen molar-refractivity contribution in [2.75, 3.05) is 34.9 Å². The van der Waals surface area contributed by atoms with E-state index >= 15 is 0 Å². The van der Waals surface area contributed by atoms with Crippen LogP contribution in [-0.4, -0.2) is 50.3 Å². The van der Waals surface area contributed by atoms with Crippen molar-refractivity contribution in [3.05, 3.63) is 47.8 Å². The van der Waals surface area contributed by atoms with Gasteiger partial charge in [-0.05, 0) is 29.8 Å². The van der Waals surface area contributed by atoms with Crippen LogP contribution in [0.1, 0.15) is 25.1 Å². The zero-order valence-electron chi connectivity index (χ0n) is 17.5. The molecule has 2 rings (SSSR count). The summed E-state index contributed by atoms with van der Waals surface area (Å²) in [7, 11) is 9.22. The summed E-state index contributed by atoms with van der Waals surface area (Å²) < 4.78 is 12.9. The Morgan fingerprint density at radius 2 is 1.89 bits per heavy atom. The molecule has 2 aromatic rings. The highest BCUT2D eigenvalue weighted by molar-refractivity contribution is 5.79. The van der Waals surface area contributed by atoms with Crippen LogP contribution in [0, 0.1) is 0 Å². The third-order valence-electron chi connectivity index (χ3n) is 4.88. The number of aryl methyl sites for hydroxylation is 1. The topological polar surface area (TPSA) is 51.0 Å². The lowest BCUT2D eigenvalue weighted by atomic mass is 9.84. The number of aromatic nitrogens is 1. The Labute approximate surface area is 162 Å². The van der Waals surface area contributed by atoms with Crippen LogP contribution in [0.2, 0.25) is 0 Å². The van der Waals surface area contributed by atoms with Crippen LogP contribution < -0.4 is 14.8 Å². The molecule has 0 bridgehead atoms. The number of ether oxygens (including phenoxy) is 2. The van der Waals surface area contributed by atoms with E-state index in [2.05, 4.69) is 65.1 Å². The molecule has 0 radical (unpaired) electrons. The summed E-state index contributed by atoms with van der Waals surface area (Å²) in [6.07, 6.45) is 2.06. The lowest BCUT2D eigenvalue weighted by molar-refractivity contribution is 0.353. The van der Waals surface area contributed by atoms with Gasteiger partial charge in [0.2, 0.25) is 0 Å². The molecule has 0 aliphatic rings. The smallest absolute Gasteiger partial charge is 0.193 e. The molecule has 0 saturated carbocycles. The van der Waals surface area contributed by atoms with E-state index < -0.39 is 0 Å². The van der Waals surface area contributed by atoms with Crippen molar-refractivity contribution in [3.8, 4) is 11.5 Å². The van der Waals surface area contributed by atoms with E-state index in [1.165, 1.54) is 11.3 Å². The molecule has 0 aliphatic carbocycles. The van der Waals surface area contributed by atoms with Crippen LogP contribution in [0.25, 0.3) is 0 Å². The van der Waals surface area contributed by atoms with Crippen LogP contribution in [0.3, 0.4) is 0 Å². The van der Waals surface area contributed by atoms with E-state index in [0.717, 1.165) is 30.5 Å². The average molecular weight is 373 g/mol. The maximum absolute atomic E-state index is 5.45. The van der Waals surface area contributed by atoms with Gasteiger partial charge in [0.15, 0.2) is 17.5 Å². The quantitative estimate of drug-likeness (QED) is 0.600. The fourth-order valence-corrected chi connectivity index (χ4v) is 3.02. The van der Waals surface area contributed by atoms with E-state index in [1.54, 1.807) is 14.2 Å². The molecule has 0 amide bonds. The number of nitrogens with one attached hydrogen (secondary N) is 1. The van der Waals surface area contributed by atoms with Crippen molar-refractivity contribution in [1.29, 1.82) is 0 Å². The molecular formula is C21H32N4O2. The standard InChI is InChI=1S/C21H32N4O2/c1-21(2,16-10-11-18(26-6)19(13-16)27-7)15-23-20(22-3)25(5)14-17-9-8-12-24(17)4/h8-13H,14-15H2,1-7H3,(H,22,23). The van der Waals surface area contributed by atoms with Gasteiger partial charge in [-0.25, -0.2) is 0 Å². The van der Waals surface area contributed by atoms with Gasteiger partial charge in [-0.1, -0.05) is 19.9 Å². The predicted octanol–water partition coefficient (Wildman–Crippen LogP) is 3.03. The second kappa shape index (κ2) is 8.84. The minimum Gasteiger partial charge on any atom is -0.493 e. The molecule has 1 aromatic heterocycles. The van der Waals surface area contributed by atoms with Crippen molar-refractivity contribution >= 4 is 5.96 Å². The summed E-state index contributed by atoms with van der Waals surface area (Å²) >= 11 is 0. The normalized spacial score (nSPS) is 12.0. The number of benzene rings is 1. The molecule has 0 spiro atoms. The van der Waals surface area contributed by atoms with Gasteiger partial charge >= 0.3 is 0 Å². The van der Waals surface area contributed by atoms with Gasteiger partial charge in [0, 0.05) is 45.0 Å². The van der Waals surface area contributed by atoms with Crippen molar-refractivity contribution in [1.82, 2.24) is 14.8 Å². The maximum atomic E-state index is 5.45. The Morgan fingerprint density at radius 3 is 2.44 bits per heavy atom. The van der Waals surface area contributed by atoms with Crippen molar-refractivity contribution in [2.45, 2.75) is 25.8 Å². The summed E-state index contributed by atoms with van der Waals surface area (Å²) in [4.78, 5) is 6.56. The summed E-state index contributed by atoms with van der Waals surface area (Å²) in [5.41, 5.74) is 2.30. The highest BCUT2D eigenvalue weighted by Gasteiger charge is 2.23. The molecule has 1 heterocycles. The van der Waals surface area contributed by atoms with E-state index in [0.29, 0.717) is 0 Å². The third kappa shape index (κ3) is 4.96. The maximum Gasteiger partial charge on any atom is 0.193 e. The summed E-state index contributed by atoms with van der Waals surface area (Å²) in [6, 6.07) is 10.2. The predicted molar refractivity (Wildman–Crippen MR) is 111 cm³/mol. The molecule has 0 unspecified atom stereocenters. The highest BCUT2D eigenvalue weighted by Crippen LogP contribution is 2.32. The molecule has 0 atom stereocenters. The Bertz CT molecular complexity index is 780. The van der Waals surface area contributed by atoms with E-state index in [-0.39, 0.29) is 5.41 Å². The molecule has 0 aliphatic heterocycles. The number of methoxy groups -OCH3 is 2. The first-order valence-corrected chi connectivity index (χ1v) is 9.07. The van der Waals surface area contributed by atoms with Crippen LogP contribution in [0.5, 0.6) is 11.5 Å². The van der Waals surface area contributed by atoms with Crippen LogP contribution in [0.15, 0.2) is 41.5 Å². The van der Waals surface area contributed by atoms with Crippen LogP contribution in [-0.2, 0) is 19.0 Å². The van der Waals surface area contributed by atoms with Gasteiger partial charge in [0.1, 0.15) is 0 Å². The average Bonchev–Trinajstić information content (AvgIpc) is 3.06. The summed E-state index contributed by atoms with van der Waals surface area (Å²) in [5, 5.41) is 3.50. The molecule has 148 valence electrons. The molecular weight excluding hydrogens is 340 g/mol. The SMILES string of the molecule is CN=C(NCC(C)(C)c1ccc(OC)c(OC)c1)N(C)Cc1cccn1C. The highest BCUT2D eigenvalue weighted by atomic mass is 16.5. The lowest BCUT2D eigenvalue weighted by Crippen LogP contribution is -2.44. The molecule has 1 aromatic carbocycles. The lowest BCUT2D eigenvalue weighted by Gasteiger charge is -2.30. The minimum atomic E-state index is -0.110. The second-order valence-electron chi connectivity index (χ2n) is 7.32. The number of aliphatic imine (C=N–C) groups is 1. The van der Waals surface area contributed by atoms with E-state index in [4.69, 9.17) is 9.47 Å². The second-order valence-corrected chi connectivity index (χ2v) is 7.32. The number of hydrogen-bond acceptors (Lipinski definition) is 3. The van der Waals surface area contributed by atoms with Gasteiger partial charge in [-0.2, -0.15) is 0 Å². The first kappa shape index (κ1) is 20.7. The number of rotatable bonds is 7. The number of nitrogens with zero attached hydrogens (tertiary/aromatic N) is 3. The molecule has 1 N–H and O–H groups in total.